The topological polar surface area (TPSA) is 85.2 Å². The average molecular weight is 479 g/mol. The van der Waals surface area contributed by atoms with Gasteiger partial charge in [0.15, 0.2) is 0 Å². The minimum atomic E-state index is -0.346. The summed E-state index contributed by atoms with van der Waals surface area (Å²) >= 11 is 12.1. The van der Waals surface area contributed by atoms with E-state index in [9.17, 15) is 9.18 Å². The Balaban J connectivity index is 1.25. The number of nitrogens with one attached hydrogen (secondary N) is 1. The molecule has 1 fully saturated rings. The SMILES string of the molecule is O=C(Cn1nnc(-c2ccc(F)cc2)n1)NC[C@H]1CN(Cc2ccc(Cl)c(Cl)c2)CCO1. The number of nitrogens with zero attached hydrogens (tertiary/aromatic N) is 5. The van der Waals surface area contributed by atoms with Crippen molar-refractivity contribution in [1.82, 2.24) is 30.4 Å². The number of ether oxygens (including phenoxy) is 1. The Morgan fingerprint density at radius 2 is 2.00 bits per heavy atom. The van der Waals surface area contributed by atoms with Crippen molar-refractivity contribution in [2.24, 2.45) is 0 Å². The van der Waals surface area contributed by atoms with Gasteiger partial charge in [0.25, 0.3) is 0 Å². The van der Waals surface area contributed by atoms with E-state index >= 15 is 0 Å². The Morgan fingerprint density at radius 3 is 2.78 bits per heavy atom. The smallest absolute Gasteiger partial charge is 0.243 e. The molecule has 0 radical (unpaired) electrons. The zero-order valence-corrected chi connectivity index (χ0v) is 18.6. The van der Waals surface area contributed by atoms with Crippen LogP contribution in [0.5, 0.6) is 0 Å². The number of aromatic nitrogens is 4. The molecule has 1 atom stereocenters. The molecule has 4 rings (SSSR count). The number of tetrazole rings is 1. The molecule has 168 valence electrons. The summed E-state index contributed by atoms with van der Waals surface area (Å²) in [5.74, 6) is -0.273. The van der Waals surface area contributed by atoms with Gasteiger partial charge in [-0.15, -0.1) is 10.2 Å². The number of halogens is 3. The van der Waals surface area contributed by atoms with Crippen molar-refractivity contribution in [3.63, 3.8) is 0 Å². The lowest BCUT2D eigenvalue weighted by molar-refractivity contribution is -0.123. The van der Waals surface area contributed by atoms with Gasteiger partial charge in [-0.05, 0) is 47.2 Å². The normalized spacial score (nSPS) is 16.8. The number of benzene rings is 2. The summed E-state index contributed by atoms with van der Waals surface area (Å²) in [6, 6.07) is 11.3. The van der Waals surface area contributed by atoms with Crippen LogP contribution in [0.3, 0.4) is 0 Å². The van der Waals surface area contributed by atoms with Crippen LogP contribution in [-0.2, 0) is 22.6 Å². The fourth-order valence-electron chi connectivity index (χ4n) is 3.38. The Hall–Kier alpha value is -2.59. The molecule has 0 aliphatic carbocycles. The third-order valence-corrected chi connectivity index (χ3v) is 5.72. The molecule has 1 amide bonds. The summed E-state index contributed by atoms with van der Waals surface area (Å²) in [6.45, 7) is 3.06. The molecule has 1 aromatic heterocycles. The van der Waals surface area contributed by atoms with Crippen LogP contribution in [0.15, 0.2) is 42.5 Å². The number of amides is 1. The molecule has 0 spiro atoms. The van der Waals surface area contributed by atoms with Crippen molar-refractivity contribution < 1.29 is 13.9 Å². The Bertz CT molecular complexity index is 1080. The largest absolute Gasteiger partial charge is 0.374 e. The minimum absolute atomic E-state index is 0.0755. The molecule has 2 heterocycles. The first kappa shape index (κ1) is 22.6. The van der Waals surface area contributed by atoms with Crippen molar-refractivity contribution >= 4 is 29.1 Å². The molecule has 2 aromatic carbocycles. The molecule has 3 aromatic rings. The Labute approximate surface area is 194 Å². The lowest BCUT2D eigenvalue weighted by Crippen LogP contribution is -2.47. The predicted octanol–water partition coefficient (Wildman–Crippen LogP) is 2.80. The maximum Gasteiger partial charge on any atom is 0.243 e. The zero-order chi connectivity index (χ0) is 22.5. The molecule has 1 saturated heterocycles. The number of carbonyl (C=O) groups is 1. The van der Waals surface area contributed by atoms with E-state index in [1.54, 1.807) is 18.2 Å². The summed E-state index contributed by atoms with van der Waals surface area (Å²) < 4.78 is 18.8. The van der Waals surface area contributed by atoms with E-state index in [2.05, 4.69) is 25.6 Å². The van der Waals surface area contributed by atoms with Gasteiger partial charge in [0, 0.05) is 31.7 Å². The molecule has 11 heteroatoms. The van der Waals surface area contributed by atoms with Gasteiger partial charge >= 0.3 is 0 Å². The molecule has 0 bridgehead atoms. The van der Waals surface area contributed by atoms with Crippen LogP contribution in [0, 0.1) is 5.82 Å². The number of morpholine rings is 1. The number of carbonyl (C=O) groups excluding carboxylic acids is 1. The highest BCUT2D eigenvalue weighted by Gasteiger charge is 2.21. The average Bonchev–Trinajstić information content (AvgIpc) is 3.24. The van der Waals surface area contributed by atoms with Gasteiger partial charge in [-0.3, -0.25) is 9.69 Å². The molecule has 1 aliphatic heterocycles. The van der Waals surface area contributed by atoms with Crippen LogP contribution in [0.25, 0.3) is 11.4 Å². The highest BCUT2D eigenvalue weighted by atomic mass is 35.5. The second-order valence-electron chi connectivity index (χ2n) is 7.43. The van der Waals surface area contributed by atoms with Crippen molar-refractivity contribution in [3.8, 4) is 11.4 Å². The molecule has 0 saturated carbocycles. The van der Waals surface area contributed by atoms with Gasteiger partial charge in [-0.25, -0.2) is 4.39 Å². The summed E-state index contributed by atoms with van der Waals surface area (Å²) in [6.07, 6.45) is -0.131. The summed E-state index contributed by atoms with van der Waals surface area (Å²) in [4.78, 5) is 15.7. The van der Waals surface area contributed by atoms with Crippen molar-refractivity contribution in [2.45, 2.75) is 19.2 Å². The Kier molecular flexibility index (Phi) is 7.31. The van der Waals surface area contributed by atoms with Gasteiger partial charge in [-0.2, -0.15) is 4.80 Å². The van der Waals surface area contributed by atoms with Crippen LogP contribution in [0.4, 0.5) is 4.39 Å². The highest BCUT2D eigenvalue weighted by molar-refractivity contribution is 6.42. The third kappa shape index (κ3) is 6.01. The standard InChI is InChI=1S/C21H21Cl2FN6O2/c22-18-6-1-14(9-19(18)23)11-29-7-8-32-17(12-29)10-25-20(31)13-30-27-21(26-28-30)15-2-4-16(24)5-3-15/h1-6,9,17H,7-8,10-13H2,(H,25,31)/t17-/m0/s1. The lowest BCUT2D eigenvalue weighted by Gasteiger charge is -2.33. The van der Waals surface area contributed by atoms with E-state index in [1.807, 2.05) is 12.1 Å². The fraction of sp³-hybridized carbons (Fsp3) is 0.333. The summed E-state index contributed by atoms with van der Waals surface area (Å²) in [7, 11) is 0. The Morgan fingerprint density at radius 1 is 1.19 bits per heavy atom. The van der Waals surface area contributed by atoms with Crippen LogP contribution in [-0.4, -0.2) is 63.4 Å². The summed E-state index contributed by atoms with van der Waals surface area (Å²) in [5, 5.41) is 15.9. The molecule has 1 N–H and O–H groups in total. The van der Waals surface area contributed by atoms with Crippen LogP contribution in [0.2, 0.25) is 10.0 Å². The molecular formula is C21H21Cl2FN6O2. The van der Waals surface area contributed by atoms with E-state index in [4.69, 9.17) is 27.9 Å². The monoisotopic (exact) mass is 478 g/mol. The molecular weight excluding hydrogens is 458 g/mol. The minimum Gasteiger partial charge on any atom is -0.374 e. The maximum absolute atomic E-state index is 13.0. The van der Waals surface area contributed by atoms with Gasteiger partial charge in [0.2, 0.25) is 11.7 Å². The molecule has 32 heavy (non-hydrogen) atoms. The summed E-state index contributed by atoms with van der Waals surface area (Å²) in [5.41, 5.74) is 1.69. The van der Waals surface area contributed by atoms with Crippen molar-refractivity contribution in [3.05, 3.63) is 63.9 Å². The fourth-order valence-corrected chi connectivity index (χ4v) is 3.70. The second-order valence-corrected chi connectivity index (χ2v) is 8.25. The zero-order valence-electron chi connectivity index (χ0n) is 17.0. The van der Waals surface area contributed by atoms with Crippen LogP contribution >= 0.6 is 23.2 Å². The van der Waals surface area contributed by atoms with Crippen molar-refractivity contribution in [2.75, 3.05) is 26.2 Å². The first-order valence-electron chi connectivity index (χ1n) is 10.0. The van der Waals surface area contributed by atoms with Crippen LogP contribution < -0.4 is 5.32 Å². The second kappa shape index (κ2) is 10.4. The first-order chi connectivity index (χ1) is 15.5. The van der Waals surface area contributed by atoms with E-state index in [0.29, 0.717) is 41.1 Å². The highest BCUT2D eigenvalue weighted by Crippen LogP contribution is 2.23. The van der Waals surface area contributed by atoms with Crippen molar-refractivity contribution in [1.29, 1.82) is 0 Å². The van der Waals surface area contributed by atoms with Gasteiger partial charge in [0.1, 0.15) is 12.4 Å². The predicted molar refractivity (Wildman–Crippen MR) is 118 cm³/mol. The van der Waals surface area contributed by atoms with Gasteiger partial charge in [-0.1, -0.05) is 29.3 Å². The quantitative estimate of drug-likeness (QED) is 0.561. The van der Waals surface area contributed by atoms with E-state index in [-0.39, 0.29) is 24.4 Å². The molecule has 0 unspecified atom stereocenters. The number of hydrogen-bond donors (Lipinski definition) is 1. The molecule has 1 aliphatic rings. The van der Waals surface area contributed by atoms with E-state index in [0.717, 1.165) is 18.7 Å². The van der Waals surface area contributed by atoms with E-state index in [1.165, 1.54) is 16.9 Å². The lowest BCUT2D eigenvalue weighted by atomic mass is 10.2. The van der Waals surface area contributed by atoms with E-state index < -0.39 is 0 Å². The maximum atomic E-state index is 13.0. The number of hydrogen-bond acceptors (Lipinski definition) is 6. The van der Waals surface area contributed by atoms with Gasteiger partial charge < -0.3 is 10.1 Å². The number of rotatable bonds is 7. The molecule has 8 nitrogen and oxygen atoms in total. The van der Waals surface area contributed by atoms with Crippen LogP contribution in [0.1, 0.15) is 5.56 Å². The van der Waals surface area contributed by atoms with Gasteiger partial charge in [0.05, 0.1) is 22.8 Å². The third-order valence-electron chi connectivity index (χ3n) is 4.98. The first-order valence-corrected chi connectivity index (χ1v) is 10.8.